The van der Waals surface area contributed by atoms with Crippen molar-refractivity contribution in [1.82, 2.24) is 10.2 Å². The van der Waals surface area contributed by atoms with Gasteiger partial charge in [0.05, 0.1) is 0 Å². The Morgan fingerprint density at radius 3 is 1.11 bits per heavy atom. The molecule has 0 aliphatic heterocycles. The summed E-state index contributed by atoms with van der Waals surface area (Å²) >= 11 is 0. The van der Waals surface area contributed by atoms with Crippen molar-refractivity contribution in [3.05, 3.63) is 42.0 Å². The first-order chi connectivity index (χ1) is 38.1. The lowest BCUT2D eigenvalue weighted by molar-refractivity contribution is -0.144. The smallest absolute Gasteiger partial charge is 0.305 e. The number of rotatable bonds is 47. The molecule has 10 nitrogen and oxygen atoms in total. The number of carbonyl (C=O) groups is 3. The molecule has 0 aliphatic carbocycles. The Morgan fingerprint density at radius 1 is 0.444 bits per heavy atom. The van der Waals surface area contributed by atoms with Crippen LogP contribution in [0.25, 0.3) is 0 Å². The first-order valence-corrected chi connectivity index (χ1v) is 41.7. The minimum atomic E-state index is -2.41. The minimum absolute atomic E-state index is 0.0870. The average Bonchev–Trinajstić information content (AvgIpc) is 3.46. The average molecular weight is 1190 g/mol. The fourth-order valence-corrected chi connectivity index (χ4v) is 11.6. The molecule has 1 amide bonds. The second-order valence-corrected chi connectivity index (χ2v) is 42.1. The van der Waals surface area contributed by atoms with Gasteiger partial charge in [-0.15, -0.1) is 0 Å². The molecule has 0 heterocycles. The van der Waals surface area contributed by atoms with E-state index >= 15 is 0 Å². The lowest BCUT2D eigenvalue weighted by Crippen LogP contribution is -2.47. The molecule has 1 aromatic carbocycles. The van der Waals surface area contributed by atoms with Gasteiger partial charge < -0.3 is 28.1 Å². The van der Waals surface area contributed by atoms with Gasteiger partial charge >= 0.3 is 11.9 Å². The zero-order chi connectivity index (χ0) is 60.9. The van der Waals surface area contributed by atoms with E-state index in [2.05, 4.69) is 150 Å². The highest BCUT2D eigenvalue weighted by Gasteiger charge is 2.45. The second-order valence-electron chi connectivity index (χ2n) is 27.9. The summed E-state index contributed by atoms with van der Waals surface area (Å²) in [4.78, 5) is 42.2. The van der Waals surface area contributed by atoms with Crippen LogP contribution in [0.1, 0.15) is 273 Å². The number of allylic oxidation sites excluding steroid dienone is 4. The van der Waals surface area contributed by atoms with E-state index in [0.29, 0.717) is 68.3 Å². The highest BCUT2D eigenvalue weighted by atomic mass is 28.4. The molecule has 0 saturated carbocycles. The number of nitrogens with zero attached hydrogens (tertiary/aromatic N) is 1. The zero-order valence-electron chi connectivity index (χ0n) is 55.9. The maximum absolute atomic E-state index is 14.3. The molecule has 1 N–H and O–H groups in total. The number of benzene rings is 1. The number of ether oxygens (including phenoxy) is 2. The highest BCUT2D eigenvalue weighted by molar-refractivity contribution is 6.76. The van der Waals surface area contributed by atoms with E-state index < -0.39 is 25.0 Å². The molecule has 1 rings (SSSR count). The Hall–Kier alpha value is -2.88. The van der Waals surface area contributed by atoms with Crippen LogP contribution in [0.15, 0.2) is 36.4 Å². The van der Waals surface area contributed by atoms with Crippen LogP contribution in [0.4, 0.5) is 0 Å². The summed E-state index contributed by atoms with van der Waals surface area (Å²) in [6.07, 6.45) is 42.5. The lowest BCUT2D eigenvalue weighted by atomic mass is 10.1. The SMILES string of the molecule is CCCCCCCC/C=C\CCCCCCCC(=O)OCCN(CCCNC(=O)c1cc(O[Si](C)(C)C(C)(C)C)c(O[Si](C)(C)C(C)(C)C)c(O[Si](C)(C)C(C)(C)C)c1)CCOC(=O)CCCCCCC/C=C\CCCCCCCC. The zero-order valence-corrected chi connectivity index (χ0v) is 58.9. The lowest BCUT2D eigenvalue weighted by Gasteiger charge is -2.42. The molecule has 0 spiro atoms. The van der Waals surface area contributed by atoms with Crippen molar-refractivity contribution >= 4 is 42.8 Å². The molecule has 0 fully saturated rings. The molecule has 0 unspecified atom stereocenters. The third-order valence-electron chi connectivity index (χ3n) is 17.4. The van der Waals surface area contributed by atoms with Gasteiger partial charge in [0.2, 0.25) is 0 Å². The maximum atomic E-state index is 14.3. The van der Waals surface area contributed by atoms with Crippen molar-refractivity contribution in [3.8, 4) is 17.2 Å². The van der Waals surface area contributed by atoms with Gasteiger partial charge in [-0.25, -0.2) is 0 Å². The van der Waals surface area contributed by atoms with Gasteiger partial charge in [0.25, 0.3) is 30.9 Å². The Labute approximate surface area is 503 Å². The predicted octanol–water partition coefficient (Wildman–Crippen LogP) is 20.4. The summed E-state index contributed by atoms with van der Waals surface area (Å²) in [6, 6.07) is 3.72. The molecule has 0 radical (unpaired) electrons. The van der Waals surface area contributed by atoms with Crippen LogP contribution in [-0.4, -0.2) is 87.1 Å². The number of hydrogen-bond donors (Lipinski definition) is 1. The largest absolute Gasteiger partial charge is 0.541 e. The number of unbranched alkanes of at least 4 members (excludes halogenated alkanes) is 22. The fraction of sp³-hybridized carbons (Fsp3) is 0.809. The number of hydrogen-bond acceptors (Lipinski definition) is 9. The van der Waals surface area contributed by atoms with E-state index in [-0.39, 0.29) is 46.2 Å². The second kappa shape index (κ2) is 41.2. The van der Waals surface area contributed by atoms with Crippen molar-refractivity contribution in [2.75, 3.05) is 39.4 Å². The topological polar surface area (TPSA) is 113 Å². The molecule has 1 aromatic rings. The van der Waals surface area contributed by atoms with Crippen molar-refractivity contribution in [3.63, 3.8) is 0 Å². The van der Waals surface area contributed by atoms with E-state index in [9.17, 15) is 14.4 Å². The predicted molar refractivity (Wildman–Crippen MR) is 354 cm³/mol. The monoisotopic (exact) mass is 1180 g/mol. The summed E-state index contributed by atoms with van der Waals surface area (Å²) in [7, 11) is -7.22. The number of carbonyl (C=O) groups excluding carboxylic acids is 3. The Bertz CT molecular complexity index is 1800. The van der Waals surface area contributed by atoms with E-state index in [1.165, 1.54) is 116 Å². The third-order valence-corrected chi connectivity index (χ3v) is 30.4. The van der Waals surface area contributed by atoms with Gasteiger partial charge in [0.1, 0.15) is 24.7 Å². The molecular weight excluding hydrogens is 1060 g/mol. The summed E-state index contributed by atoms with van der Waals surface area (Å²) < 4.78 is 32.9. The van der Waals surface area contributed by atoms with Crippen molar-refractivity contribution in [2.45, 2.75) is 317 Å². The van der Waals surface area contributed by atoms with Crippen molar-refractivity contribution in [1.29, 1.82) is 0 Å². The van der Waals surface area contributed by atoms with Crippen molar-refractivity contribution < 1.29 is 37.1 Å². The molecule has 13 heteroatoms. The fourth-order valence-electron chi connectivity index (χ4n) is 8.57. The van der Waals surface area contributed by atoms with Crippen LogP contribution in [0, 0.1) is 0 Å². The van der Waals surface area contributed by atoms with Gasteiger partial charge in [-0.3, -0.25) is 19.3 Å². The summed E-state index contributed by atoms with van der Waals surface area (Å²) in [5, 5.41) is 2.91. The van der Waals surface area contributed by atoms with Crippen LogP contribution in [0.5, 0.6) is 17.2 Å². The van der Waals surface area contributed by atoms with Crippen molar-refractivity contribution in [2.24, 2.45) is 0 Å². The van der Waals surface area contributed by atoms with Gasteiger partial charge in [-0.2, -0.15) is 0 Å². The first kappa shape index (κ1) is 76.1. The summed E-state index contributed by atoms with van der Waals surface area (Å²) in [5.41, 5.74) is 0.466. The first-order valence-electron chi connectivity index (χ1n) is 33.0. The number of amides is 1. The van der Waals surface area contributed by atoms with Crippen LogP contribution < -0.4 is 18.6 Å². The standard InChI is InChI=1S/C68H128N2O8Si3/c1-18-20-22-24-26-28-30-32-34-36-38-40-42-44-46-49-62(71)74-55-53-70(54-56-75-63(72)50-47-45-43-41-39-37-35-33-31-29-27-25-23-21-19-2)52-48-51-69-65(73)59-57-60(76-79(12,13)66(3,4)5)64(78-81(16,17)68(9,10)11)61(58-59)77-80(14,15)67(6,7)8/h32-35,57-58H,18-31,36-56H2,1-17H3,(H,69,73)/b34-32-,35-33-. The van der Waals surface area contributed by atoms with Gasteiger partial charge in [-0.05, 0) is 137 Å². The summed E-state index contributed by atoms with van der Waals surface area (Å²) in [6.45, 7) is 40.4. The Kier molecular flexibility index (Phi) is 38.7. The quantitative estimate of drug-likeness (QED) is 0.0295. The summed E-state index contributed by atoms with van der Waals surface area (Å²) in [5.74, 6) is 1.19. The molecule has 0 atom stereocenters. The molecule has 0 aromatic heterocycles. The third kappa shape index (κ3) is 34.6. The molecule has 81 heavy (non-hydrogen) atoms. The molecule has 0 saturated heterocycles. The molecule has 0 bridgehead atoms. The number of esters is 2. The van der Waals surface area contributed by atoms with E-state index in [0.717, 1.165) is 51.4 Å². The van der Waals surface area contributed by atoms with Crippen LogP contribution >= 0.6 is 0 Å². The van der Waals surface area contributed by atoms with E-state index in [4.69, 9.17) is 22.8 Å². The molecule has 0 aliphatic rings. The van der Waals surface area contributed by atoms with Gasteiger partial charge in [0, 0.05) is 44.6 Å². The van der Waals surface area contributed by atoms with Gasteiger partial charge in [0.15, 0.2) is 5.75 Å². The van der Waals surface area contributed by atoms with E-state index in [1.807, 2.05) is 12.1 Å². The van der Waals surface area contributed by atoms with E-state index in [1.54, 1.807) is 0 Å². The van der Waals surface area contributed by atoms with Gasteiger partial charge in [-0.1, -0.05) is 203 Å². The molecule has 470 valence electrons. The normalized spacial score (nSPS) is 12.9. The number of nitrogens with one attached hydrogen (secondary N) is 1. The Balaban J connectivity index is 3.00. The highest BCUT2D eigenvalue weighted by Crippen LogP contribution is 2.50. The molecular formula is C68H128N2O8Si3. The Morgan fingerprint density at radius 2 is 0.765 bits per heavy atom. The minimum Gasteiger partial charge on any atom is -0.541 e. The van der Waals surface area contributed by atoms with Crippen LogP contribution in [0.3, 0.4) is 0 Å². The van der Waals surface area contributed by atoms with Crippen LogP contribution in [-0.2, 0) is 19.1 Å². The maximum Gasteiger partial charge on any atom is 0.305 e. The van der Waals surface area contributed by atoms with Crippen LogP contribution in [0.2, 0.25) is 54.4 Å².